The normalized spacial score (nSPS) is 17.3. The Hall–Kier alpha value is -1.70. The van der Waals surface area contributed by atoms with Crippen LogP contribution in [0.1, 0.15) is 23.3 Å². The van der Waals surface area contributed by atoms with E-state index in [0.717, 1.165) is 10.4 Å². The largest absolute Gasteiger partial charge is 0.325 e. The number of benzene rings is 1. The quantitative estimate of drug-likeness (QED) is 0.880. The summed E-state index contributed by atoms with van der Waals surface area (Å²) >= 11 is 1.61. The fourth-order valence-electron chi connectivity index (χ4n) is 2.41. The van der Waals surface area contributed by atoms with E-state index in [1.54, 1.807) is 30.4 Å². The van der Waals surface area contributed by atoms with Gasteiger partial charge in [-0.3, -0.25) is 4.79 Å². The SMILES string of the molecule is C[C@@H]1C(=O)Nc2ccc(S(=O)(=O)NCCc3cccs3)cc21. The van der Waals surface area contributed by atoms with Crippen molar-refractivity contribution in [1.82, 2.24) is 4.72 Å². The number of thiophene rings is 1. The molecule has 1 aromatic carbocycles. The third kappa shape index (κ3) is 2.92. The Morgan fingerprint density at radius 1 is 1.32 bits per heavy atom. The van der Waals surface area contributed by atoms with Crippen molar-refractivity contribution in [2.75, 3.05) is 11.9 Å². The van der Waals surface area contributed by atoms with Gasteiger partial charge in [0.15, 0.2) is 0 Å². The Kier molecular flexibility index (Phi) is 4.03. The lowest BCUT2D eigenvalue weighted by Crippen LogP contribution is -2.25. The molecule has 0 saturated carbocycles. The van der Waals surface area contributed by atoms with Crippen LogP contribution in [0, 0.1) is 0 Å². The number of amides is 1. The molecule has 22 heavy (non-hydrogen) atoms. The topological polar surface area (TPSA) is 75.3 Å². The summed E-state index contributed by atoms with van der Waals surface area (Å²) in [6, 6.07) is 8.66. The van der Waals surface area contributed by atoms with Crippen LogP contribution in [0.3, 0.4) is 0 Å². The molecule has 2 heterocycles. The van der Waals surface area contributed by atoms with Gasteiger partial charge < -0.3 is 5.32 Å². The summed E-state index contributed by atoms with van der Waals surface area (Å²) in [7, 11) is -3.56. The molecule has 0 unspecified atom stereocenters. The highest BCUT2D eigenvalue weighted by Gasteiger charge is 2.28. The molecule has 1 atom stereocenters. The molecule has 0 fully saturated rings. The van der Waals surface area contributed by atoms with Gasteiger partial charge in [-0.05, 0) is 48.6 Å². The number of anilines is 1. The summed E-state index contributed by atoms with van der Waals surface area (Å²) in [5.41, 5.74) is 1.42. The minimum atomic E-state index is -3.56. The highest BCUT2D eigenvalue weighted by molar-refractivity contribution is 7.89. The van der Waals surface area contributed by atoms with Crippen molar-refractivity contribution < 1.29 is 13.2 Å². The first-order valence-electron chi connectivity index (χ1n) is 6.94. The summed E-state index contributed by atoms with van der Waals surface area (Å²) in [5, 5.41) is 4.70. The maximum Gasteiger partial charge on any atom is 0.240 e. The number of nitrogens with one attached hydrogen (secondary N) is 2. The van der Waals surface area contributed by atoms with Crippen LogP contribution >= 0.6 is 11.3 Å². The van der Waals surface area contributed by atoms with Crippen LogP contribution in [0.5, 0.6) is 0 Å². The second-order valence-electron chi connectivity index (χ2n) is 5.19. The van der Waals surface area contributed by atoms with Gasteiger partial charge in [-0.1, -0.05) is 6.07 Å². The number of sulfonamides is 1. The molecular weight excluding hydrogens is 320 g/mol. The van der Waals surface area contributed by atoms with E-state index >= 15 is 0 Å². The Bertz CT molecular complexity index is 798. The number of hydrogen-bond acceptors (Lipinski definition) is 4. The number of hydrogen-bond donors (Lipinski definition) is 2. The summed E-state index contributed by atoms with van der Waals surface area (Å²) in [6.45, 7) is 2.12. The molecule has 2 N–H and O–H groups in total. The van der Waals surface area contributed by atoms with Crippen LogP contribution in [0.4, 0.5) is 5.69 Å². The monoisotopic (exact) mass is 336 g/mol. The lowest BCUT2D eigenvalue weighted by Gasteiger charge is -2.08. The maximum atomic E-state index is 12.3. The van der Waals surface area contributed by atoms with Crippen molar-refractivity contribution in [1.29, 1.82) is 0 Å². The van der Waals surface area contributed by atoms with Crippen molar-refractivity contribution in [2.24, 2.45) is 0 Å². The number of rotatable bonds is 5. The Balaban J connectivity index is 1.74. The molecule has 1 amide bonds. The molecule has 1 aliphatic heterocycles. The second-order valence-corrected chi connectivity index (χ2v) is 7.99. The first kappa shape index (κ1) is 15.2. The van der Waals surface area contributed by atoms with Crippen LogP contribution < -0.4 is 10.0 Å². The highest BCUT2D eigenvalue weighted by Crippen LogP contribution is 2.33. The van der Waals surface area contributed by atoms with Crippen molar-refractivity contribution >= 4 is 33.0 Å². The third-order valence-electron chi connectivity index (χ3n) is 3.69. The molecule has 1 aliphatic rings. The van der Waals surface area contributed by atoms with E-state index < -0.39 is 10.0 Å². The zero-order valence-corrected chi connectivity index (χ0v) is 13.6. The average Bonchev–Trinajstić information content (AvgIpc) is 3.08. The Morgan fingerprint density at radius 3 is 2.86 bits per heavy atom. The van der Waals surface area contributed by atoms with Gasteiger partial charge in [0.05, 0.1) is 10.8 Å². The smallest absolute Gasteiger partial charge is 0.240 e. The molecule has 5 nitrogen and oxygen atoms in total. The molecule has 0 spiro atoms. The van der Waals surface area contributed by atoms with Gasteiger partial charge in [0.2, 0.25) is 15.9 Å². The number of fused-ring (bicyclic) bond motifs is 1. The lowest BCUT2D eigenvalue weighted by atomic mass is 10.0. The molecule has 7 heteroatoms. The van der Waals surface area contributed by atoms with E-state index in [2.05, 4.69) is 10.0 Å². The van der Waals surface area contributed by atoms with E-state index in [0.29, 0.717) is 18.7 Å². The summed E-state index contributed by atoms with van der Waals surface area (Å²) in [6.07, 6.45) is 0.665. The molecule has 0 aliphatic carbocycles. The van der Waals surface area contributed by atoms with E-state index in [-0.39, 0.29) is 16.7 Å². The van der Waals surface area contributed by atoms with E-state index in [4.69, 9.17) is 0 Å². The van der Waals surface area contributed by atoms with Crippen LogP contribution in [-0.2, 0) is 21.2 Å². The van der Waals surface area contributed by atoms with Gasteiger partial charge in [0.1, 0.15) is 0 Å². The first-order valence-corrected chi connectivity index (χ1v) is 9.30. The predicted octanol–water partition coefficient (Wildman–Crippen LogP) is 2.32. The van der Waals surface area contributed by atoms with Gasteiger partial charge in [0, 0.05) is 17.1 Å². The molecule has 1 aromatic heterocycles. The van der Waals surface area contributed by atoms with Gasteiger partial charge in [0.25, 0.3) is 0 Å². The van der Waals surface area contributed by atoms with Crippen molar-refractivity contribution in [3.05, 3.63) is 46.2 Å². The molecule has 0 radical (unpaired) electrons. The van der Waals surface area contributed by atoms with Crippen molar-refractivity contribution in [3.63, 3.8) is 0 Å². The van der Waals surface area contributed by atoms with Gasteiger partial charge >= 0.3 is 0 Å². The standard InChI is InChI=1S/C15H16N2O3S2/c1-10-13-9-12(4-5-14(13)17-15(10)18)22(19,20)16-7-6-11-3-2-8-21-11/h2-5,8-10,16H,6-7H2,1H3,(H,17,18)/t10-/m0/s1. The summed E-state index contributed by atoms with van der Waals surface area (Å²) in [4.78, 5) is 13.0. The number of carbonyl (C=O) groups is 1. The zero-order valence-electron chi connectivity index (χ0n) is 12.0. The molecule has 0 bridgehead atoms. The molecule has 116 valence electrons. The van der Waals surface area contributed by atoms with Gasteiger partial charge in [-0.25, -0.2) is 13.1 Å². The fraction of sp³-hybridized carbons (Fsp3) is 0.267. The van der Waals surface area contributed by atoms with Gasteiger partial charge in [-0.15, -0.1) is 11.3 Å². The molecular formula is C15H16N2O3S2. The second kappa shape index (κ2) is 5.83. The minimum Gasteiger partial charge on any atom is -0.325 e. The molecule has 0 saturated heterocycles. The van der Waals surface area contributed by atoms with Crippen LogP contribution in [0.25, 0.3) is 0 Å². The maximum absolute atomic E-state index is 12.3. The molecule has 2 aromatic rings. The van der Waals surface area contributed by atoms with E-state index in [1.165, 1.54) is 6.07 Å². The minimum absolute atomic E-state index is 0.102. The van der Waals surface area contributed by atoms with Crippen LogP contribution in [0.2, 0.25) is 0 Å². The average molecular weight is 336 g/mol. The van der Waals surface area contributed by atoms with Gasteiger partial charge in [-0.2, -0.15) is 0 Å². The predicted molar refractivity (Wildman–Crippen MR) is 86.7 cm³/mol. The van der Waals surface area contributed by atoms with Crippen molar-refractivity contribution in [3.8, 4) is 0 Å². The lowest BCUT2D eigenvalue weighted by molar-refractivity contribution is -0.116. The van der Waals surface area contributed by atoms with Crippen LogP contribution in [0.15, 0.2) is 40.6 Å². The first-order chi connectivity index (χ1) is 10.5. The summed E-state index contributed by atoms with van der Waals surface area (Å²) < 4.78 is 27.3. The number of carbonyl (C=O) groups excluding carboxylic acids is 1. The van der Waals surface area contributed by atoms with Crippen molar-refractivity contribution in [2.45, 2.75) is 24.2 Å². The molecule has 3 rings (SSSR count). The summed E-state index contributed by atoms with van der Waals surface area (Å²) in [5.74, 6) is -0.425. The Labute approximate surface area is 133 Å². The highest BCUT2D eigenvalue weighted by atomic mass is 32.2. The zero-order chi connectivity index (χ0) is 15.7. The van der Waals surface area contributed by atoms with E-state index in [9.17, 15) is 13.2 Å². The Morgan fingerprint density at radius 2 is 2.14 bits per heavy atom. The van der Waals surface area contributed by atoms with Crippen LogP contribution in [-0.4, -0.2) is 20.9 Å². The third-order valence-corrected chi connectivity index (χ3v) is 6.09. The van der Waals surface area contributed by atoms with E-state index in [1.807, 2.05) is 17.5 Å². The fourth-order valence-corrected chi connectivity index (χ4v) is 4.18.